The Morgan fingerprint density at radius 2 is 1.87 bits per heavy atom. The molecule has 124 valence electrons. The number of benzene rings is 2. The average molecular weight is 388 g/mol. The SMILES string of the molecule is COc1ccc(CNCc2cc(Br)ccc2OC(F)F)cc1O. The second-order valence-corrected chi connectivity index (χ2v) is 5.66. The molecule has 0 saturated heterocycles. The zero-order valence-corrected chi connectivity index (χ0v) is 13.9. The molecule has 0 aliphatic rings. The molecule has 23 heavy (non-hydrogen) atoms. The van der Waals surface area contributed by atoms with Crippen LogP contribution in [0.25, 0.3) is 0 Å². The number of phenols is 1. The molecule has 0 aliphatic carbocycles. The van der Waals surface area contributed by atoms with E-state index in [0.29, 0.717) is 24.4 Å². The zero-order chi connectivity index (χ0) is 16.8. The maximum Gasteiger partial charge on any atom is 0.387 e. The number of methoxy groups -OCH3 is 1. The number of hydrogen-bond acceptors (Lipinski definition) is 4. The number of aromatic hydroxyl groups is 1. The molecule has 2 N–H and O–H groups in total. The Bertz CT molecular complexity index is 668. The van der Waals surface area contributed by atoms with Crippen LogP contribution in [-0.2, 0) is 13.1 Å². The maximum atomic E-state index is 12.4. The van der Waals surface area contributed by atoms with E-state index < -0.39 is 6.61 Å². The van der Waals surface area contributed by atoms with Gasteiger partial charge in [0.05, 0.1) is 7.11 Å². The summed E-state index contributed by atoms with van der Waals surface area (Å²) in [4.78, 5) is 0. The van der Waals surface area contributed by atoms with Crippen LogP contribution in [0.5, 0.6) is 17.2 Å². The number of rotatable bonds is 7. The molecule has 0 aliphatic heterocycles. The van der Waals surface area contributed by atoms with Gasteiger partial charge < -0.3 is 19.9 Å². The Balaban J connectivity index is 2.00. The first-order valence-electron chi connectivity index (χ1n) is 6.79. The first-order chi connectivity index (χ1) is 11.0. The van der Waals surface area contributed by atoms with Crippen LogP contribution in [-0.4, -0.2) is 18.8 Å². The van der Waals surface area contributed by atoms with Crippen LogP contribution in [0, 0.1) is 0 Å². The molecule has 0 atom stereocenters. The summed E-state index contributed by atoms with van der Waals surface area (Å²) >= 11 is 3.31. The van der Waals surface area contributed by atoms with Crippen molar-refractivity contribution in [3.05, 3.63) is 52.0 Å². The molecule has 0 aromatic heterocycles. The lowest BCUT2D eigenvalue weighted by Crippen LogP contribution is -2.14. The van der Waals surface area contributed by atoms with E-state index in [0.717, 1.165) is 10.0 Å². The molecule has 0 fully saturated rings. The summed E-state index contributed by atoms with van der Waals surface area (Å²) in [6.07, 6.45) is 0. The Kier molecular flexibility index (Phi) is 6.18. The van der Waals surface area contributed by atoms with Crippen LogP contribution < -0.4 is 14.8 Å². The van der Waals surface area contributed by atoms with E-state index in [4.69, 9.17) is 4.74 Å². The van der Waals surface area contributed by atoms with Crippen LogP contribution in [0.2, 0.25) is 0 Å². The van der Waals surface area contributed by atoms with Crippen molar-refractivity contribution in [1.82, 2.24) is 5.32 Å². The number of hydrogen-bond donors (Lipinski definition) is 2. The van der Waals surface area contributed by atoms with Gasteiger partial charge >= 0.3 is 6.61 Å². The summed E-state index contributed by atoms with van der Waals surface area (Å²) in [6.45, 7) is -2.07. The summed E-state index contributed by atoms with van der Waals surface area (Å²) in [7, 11) is 1.48. The number of phenolic OH excluding ortho intramolecular Hbond substituents is 1. The molecule has 0 spiro atoms. The second-order valence-electron chi connectivity index (χ2n) is 4.74. The fourth-order valence-electron chi connectivity index (χ4n) is 2.08. The van der Waals surface area contributed by atoms with Crippen molar-refractivity contribution >= 4 is 15.9 Å². The lowest BCUT2D eigenvalue weighted by Gasteiger charge is -2.12. The molecule has 7 heteroatoms. The molecular formula is C16H16BrF2NO3. The Hall–Kier alpha value is -1.86. The van der Waals surface area contributed by atoms with Crippen molar-refractivity contribution in [3.63, 3.8) is 0 Å². The fraction of sp³-hybridized carbons (Fsp3) is 0.250. The fourth-order valence-corrected chi connectivity index (χ4v) is 2.49. The molecule has 0 heterocycles. The highest BCUT2D eigenvalue weighted by molar-refractivity contribution is 9.10. The van der Waals surface area contributed by atoms with Gasteiger partial charge in [-0.1, -0.05) is 22.0 Å². The molecule has 0 bridgehead atoms. The van der Waals surface area contributed by atoms with Crippen LogP contribution in [0.4, 0.5) is 8.78 Å². The normalized spacial score (nSPS) is 10.8. The lowest BCUT2D eigenvalue weighted by atomic mass is 10.1. The number of halogens is 3. The van der Waals surface area contributed by atoms with Gasteiger partial charge in [-0.3, -0.25) is 0 Å². The highest BCUT2D eigenvalue weighted by Crippen LogP contribution is 2.27. The minimum absolute atomic E-state index is 0.0518. The summed E-state index contributed by atoms with van der Waals surface area (Å²) in [5.41, 5.74) is 1.45. The first kappa shape index (κ1) is 17.5. The summed E-state index contributed by atoms with van der Waals surface area (Å²) < 4.78 is 35.1. The van der Waals surface area contributed by atoms with Crippen molar-refractivity contribution in [3.8, 4) is 17.2 Å². The number of alkyl halides is 2. The van der Waals surface area contributed by atoms with Crippen LogP contribution in [0.1, 0.15) is 11.1 Å². The third-order valence-corrected chi connectivity index (χ3v) is 3.62. The largest absolute Gasteiger partial charge is 0.504 e. The third kappa shape index (κ3) is 5.07. The van der Waals surface area contributed by atoms with Crippen LogP contribution >= 0.6 is 15.9 Å². The Morgan fingerprint density at radius 1 is 1.13 bits per heavy atom. The second kappa shape index (κ2) is 8.12. The Morgan fingerprint density at radius 3 is 2.52 bits per heavy atom. The van der Waals surface area contributed by atoms with E-state index in [1.54, 1.807) is 24.3 Å². The predicted octanol–water partition coefficient (Wildman–Crippen LogP) is 4.05. The quantitative estimate of drug-likeness (QED) is 0.752. The van der Waals surface area contributed by atoms with Gasteiger partial charge in [0.15, 0.2) is 11.5 Å². The van der Waals surface area contributed by atoms with Crippen LogP contribution in [0.15, 0.2) is 40.9 Å². The van der Waals surface area contributed by atoms with Gasteiger partial charge in [0.25, 0.3) is 0 Å². The van der Waals surface area contributed by atoms with Crippen molar-refractivity contribution in [2.45, 2.75) is 19.7 Å². The molecule has 0 amide bonds. The molecule has 4 nitrogen and oxygen atoms in total. The third-order valence-electron chi connectivity index (χ3n) is 3.13. The Labute approximate surface area is 141 Å². The summed E-state index contributed by atoms with van der Waals surface area (Å²) in [5, 5.41) is 12.9. The number of ether oxygens (including phenoxy) is 2. The minimum Gasteiger partial charge on any atom is -0.504 e. The van der Waals surface area contributed by atoms with Crippen molar-refractivity contribution in [2.75, 3.05) is 7.11 Å². The van der Waals surface area contributed by atoms with Crippen molar-refractivity contribution < 1.29 is 23.4 Å². The molecule has 2 aromatic rings. The molecule has 0 unspecified atom stereocenters. The van der Waals surface area contributed by atoms with E-state index in [-0.39, 0.29) is 11.5 Å². The predicted molar refractivity (Wildman–Crippen MR) is 86.0 cm³/mol. The van der Waals surface area contributed by atoms with Crippen LogP contribution in [0.3, 0.4) is 0 Å². The maximum absolute atomic E-state index is 12.4. The molecule has 2 rings (SSSR count). The summed E-state index contributed by atoms with van der Waals surface area (Å²) in [5.74, 6) is 0.581. The molecule has 0 saturated carbocycles. The van der Waals surface area contributed by atoms with Gasteiger partial charge in [-0.25, -0.2) is 0 Å². The average Bonchev–Trinajstić information content (AvgIpc) is 2.50. The zero-order valence-electron chi connectivity index (χ0n) is 12.4. The van der Waals surface area contributed by atoms with Gasteiger partial charge in [-0.15, -0.1) is 0 Å². The molecule has 0 radical (unpaired) electrons. The molecular weight excluding hydrogens is 372 g/mol. The number of nitrogens with one attached hydrogen (secondary N) is 1. The lowest BCUT2D eigenvalue weighted by molar-refractivity contribution is -0.0505. The minimum atomic E-state index is -2.87. The van der Waals surface area contributed by atoms with Crippen molar-refractivity contribution in [2.24, 2.45) is 0 Å². The first-order valence-corrected chi connectivity index (χ1v) is 7.58. The van der Waals surface area contributed by atoms with E-state index in [9.17, 15) is 13.9 Å². The van der Waals surface area contributed by atoms with Gasteiger partial charge in [0, 0.05) is 23.1 Å². The van der Waals surface area contributed by atoms with E-state index >= 15 is 0 Å². The van der Waals surface area contributed by atoms with Gasteiger partial charge in [0.2, 0.25) is 0 Å². The highest BCUT2D eigenvalue weighted by atomic mass is 79.9. The van der Waals surface area contributed by atoms with Gasteiger partial charge in [0.1, 0.15) is 5.75 Å². The monoisotopic (exact) mass is 387 g/mol. The standard InChI is InChI=1S/C16H16BrF2NO3/c1-22-15-4-2-10(6-13(15)21)8-20-9-11-7-12(17)3-5-14(11)23-16(18)19/h2-7,16,20-21H,8-9H2,1H3. The van der Waals surface area contributed by atoms with E-state index in [2.05, 4.69) is 26.0 Å². The smallest absolute Gasteiger partial charge is 0.387 e. The van der Waals surface area contributed by atoms with Gasteiger partial charge in [-0.2, -0.15) is 8.78 Å². The van der Waals surface area contributed by atoms with E-state index in [1.807, 2.05) is 6.07 Å². The topological polar surface area (TPSA) is 50.7 Å². The summed E-state index contributed by atoms with van der Waals surface area (Å²) in [6, 6.07) is 9.91. The van der Waals surface area contributed by atoms with Crippen molar-refractivity contribution in [1.29, 1.82) is 0 Å². The molecule has 2 aromatic carbocycles. The highest BCUT2D eigenvalue weighted by Gasteiger charge is 2.10. The van der Waals surface area contributed by atoms with Gasteiger partial charge in [-0.05, 0) is 35.9 Å². The van der Waals surface area contributed by atoms with E-state index in [1.165, 1.54) is 13.2 Å².